The van der Waals surface area contributed by atoms with Gasteiger partial charge in [-0.15, -0.1) is 0 Å². The molecule has 24 heavy (non-hydrogen) atoms. The molecule has 0 amide bonds. The van der Waals surface area contributed by atoms with Crippen LogP contribution in [0, 0.1) is 0 Å². The van der Waals surface area contributed by atoms with Crippen LogP contribution in [-0.2, 0) is 4.74 Å². The number of aromatic nitrogens is 4. The fourth-order valence-electron chi connectivity index (χ4n) is 2.84. The van der Waals surface area contributed by atoms with Crippen LogP contribution in [0.2, 0.25) is 0 Å². The summed E-state index contributed by atoms with van der Waals surface area (Å²) in [5.74, 6) is 0.889. The maximum Gasteiger partial charge on any atom is 0.180 e. The van der Waals surface area contributed by atoms with Gasteiger partial charge in [0.05, 0.1) is 12.9 Å². The van der Waals surface area contributed by atoms with Crippen LogP contribution >= 0.6 is 0 Å². The van der Waals surface area contributed by atoms with Gasteiger partial charge in [0.2, 0.25) is 0 Å². The van der Waals surface area contributed by atoms with Crippen molar-refractivity contribution in [2.45, 2.75) is 24.5 Å². The Labute approximate surface area is 135 Å². The molecule has 0 unspecified atom stereocenters. The topological polar surface area (TPSA) is 153 Å². The van der Waals surface area contributed by atoms with E-state index in [1.165, 1.54) is 17.2 Å². The molecule has 0 spiro atoms. The fourth-order valence-corrected chi connectivity index (χ4v) is 2.84. The minimum absolute atomic E-state index is 0.165. The summed E-state index contributed by atoms with van der Waals surface area (Å²) in [7, 11) is 0. The summed E-state index contributed by atoms with van der Waals surface area (Å²) >= 11 is 0. The first-order chi connectivity index (χ1) is 11.6. The molecule has 10 nitrogen and oxygen atoms in total. The third-order valence-corrected chi connectivity index (χ3v) is 4.02. The standard InChI is InChI=1S/C14H15N5O5/c15-11-8-13(17-5-16-11)19(12(18-8)6-2-1-3-23-6)14-10(22)9(21)7(4-20)24-14/h1-3,5,7,9-10,14,20-22H,4H2,(H2,15,16,17)/t7-,9-,10-,14-/m1/s1. The lowest BCUT2D eigenvalue weighted by Gasteiger charge is -2.18. The molecule has 0 aromatic carbocycles. The molecule has 3 aromatic heterocycles. The second kappa shape index (κ2) is 5.53. The van der Waals surface area contributed by atoms with E-state index in [1.807, 2.05) is 0 Å². The first-order valence-corrected chi connectivity index (χ1v) is 7.26. The average Bonchev–Trinajstić information content (AvgIpc) is 3.27. The Bertz CT molecular complexity index is 864. The zero-order valence-corrected chi connectivity index (χ0v) is 12.4. The Kier molecular flexibility index (Phi) is 3.46. The highest BCUT2D eigenvalue weighted by Crippen LogP contribution is 2.36. The number of anilines is 1. The van der Waals surface area contributed by atoms with E-state index in [2.05, 4.69) is 15.0 Å². The molecule has 4 rings (SSSR count). The molecule has 0 bridgehead atoms. The number of nitrogens with zero attached hydrogens (tertiary/aromatic N) is 4. The first-order valence-electron chi connectivity index (χ1n) is 7.26. The first kappa shape index (κ1) is 15.0. The minimum Gasteiger partial charge on any atom is -0.461 e. The largest absolute Gasteiger partial charge is 0.461 e. The second-order valence-electron chi connectivity index (χ2n) is 5.44. The van der Waals surface area contributed by atoms with Gasteiger partial charge in [-0.05, 0) is 12.1 Å². The van der Waals surface area contributed by atoms with Gasteiger partial charge in [-0.3, -0.25) is 4.57 Å². The minimum atomic E-state index is -1.29. The molecule has 4 atom stereocenters. The molecular weight excluding hydrogens is 318 g/mol. The number of aliphatic hydroxyl groups excluding tert-OH is 3. The summed E-state index contributed by atoms with van der Waals surface area (Å²) in [6, 6.07) is 3.37. The van der Waals surface area contributed by atoms with Gasteiger partial charge in [0, 0.05) is 0 Å². The molecule has 1 saturated heterocycles. The lowest BCUT2D eigenvalue weighted by Crippen LogP contribution is -2.33. The third kappa shape index (κ3) is 2.08. The van der Waals surface area contributed by atoms with Crippen LogP contribution in [-0.4, -0.2) is 59.8 Å². The molecular formula is C14H15N5O5. The lowest BCUT2D eigenvalue weighted by atomic mass is 10.1. The molecule has 0 aliphatic carbocycles. The Morgan fingerprint density at radius 3 is 2.75 bits per heavy atom. The number of imidazole rings is 1. The van der Waals surface area contributed by atoms with E-state index < -0.39 is 31.1 Å². The van der Waals surface area contributed by atoms with Crippen molar-refractivity contribution in [1.29, 1.82) is 0 Å². The van der Waals surface area contributed by atoms with E-state index in [1.54, 1.807) is 12.1 Å². The quantitative estimate of drug-likeness (QED) is 0.486. The molecule has 1 aliphatic heterocycles. The molecule has 10 heteroatoms. The van der Waals surface area contributed by atoms with E-state index >= 15 is 0 Å². The average molecular weight is 333 g/mol. The number of nitrogens with two attached hydrogens (primary N) is 1. The van der Waals surface area contributed by atoms with Crippen LogP contribution in [0.15, 0.2) is 29.1 Å². The number of ether oxygens (including phenoxy) is 1. The van der Waals surface area contributed by atoms with E-state index in [9.17, 15) is 15.3 Å². The molecule has 0 radical (unpaired) electrons. The van der Waals surface area contributed by atoms with Gasteiger partial charge < -0.3 is 30.2 Å². The van der Waals surface area contributed by atoms with E-state index in [0.717, 1.165) is 0 Å². The predicted molar refractivity (Wildman–Crippen MR) is 80.4 cm³/mol. The van der Waals surface area contributed by atoms with Crippen molar-refractivity contribution in [2.75, 3.05) is 12.3 Å². The van der Waals surface area contributed by atoms with Gasteiger partial charge in [-0.1, -0.05) is 0 Å². The number of nitrogen functional groups attached to an aromatic ring is 1. The molecule has 5 N–H and O–H groups in total. The second-order valence-corrected chi connectivity index (χ2v) is 5.44. The smallest absolute Gasteiger partial charge is 0.180 e. The number of hydrogen-bond acceptors (Lipinski definition) is 9. The van der Waals surface area contributed by atoms with Crippen molar-refractivity contribution in [2.24, 2.45) is 0 Å². The van der Waals surface area contributed by atoms with Gasteiger partial charge in [-0.2, -0.15) is 0 Å². The molecule has 4 heterocycles. The van der Waals surface area contributed by atoms with Crippen LogP contribution in [0.3, 0.4) is 0 Å². The number of furan rings is 1. The van der Waals surface area contributed by atoms with Gasteiger partial charge in [0.15, 0.2) is 34.8 Å². The zero-order chi connectivity index (χ0) is 16.8. The van der Waals surface area contributed by atoms with Crippen molar-refractivity contribution in [3.05, 3.63) is 24.7 Å². The van der Waals surface area contributed by atoms with Crippen LogP contribution in [0.25, 0.3) is 22.7 Å². The predicted octanol–water partition coefficient (Wildman–Crippen LogP) is -0.720. The highest BCUT2D eigenvalue weighted by Gasteiger charge is 2.45. The Morgan fingerprint density at radius 2 is 2.08 bits per heavy atom. The summed E-state index contributed by atoms with van der Waals surface area (Å²) in [6.45, 7) is -0.436. The number of fused-ring (bicyclic) bond motifs is 1. The summed E-state index contributed by atoms with van der Waals surface area (Å²) in [6.07, 6.45) is -1.73. The van der Waals surface area contributed by atoms with Crippen molar-refractivity contribution in [3.63, 3.8) is 0 Å². The molecule has 3 aromatic rings. The van der Waals surface area contributed by atoms with E-state index in [-0.39, 0.29) is 5.82 Å². The van der Waals surface area contributed by atoms with Crippen molar-refractivity contribution in [1.82, 2.24) is 19.5 Å². The fraction of sp³-hybridized carbons (Fsp3) is 0.357. The molecule has 1 fully saturated rings. The summed E-state index contributed by atoms with van der Waals surface area (Å²) in [5.41, 5.74) is 6.50. The van der Waals surface area contributed by atoms with Gasteiger partial charge in [0.1, 0.15) is 24.6 Å². The van der Waals surface area contributed by atoms with Crippen molar-refractivity contribution >= 4 is 17.0 Å². The molecule has 126 valence electrons. The maximum absolute atomic E-state index is 10.3. The third-order valence-electron chi connectivity index (χ3n) is 4.02. The zero-order valence-electron chi connectivity index (χ0n) is 12.4. The lowest BCUT2D eigenvalue weighted by molar-refractivity contribution is -0.0504. The van der Waals surface area contributed by atoms with Gasteiger partial charge >= 0.3 is 0 Å². The maximum atomic E-state index is 10.3. The van der Waals surface area contributed by atoms with Crippen molar-refractivity contribution < 1.29 is 24.5 Å². The van der Waals surface area contributed by atoms with Crippen LogP contribution in [0.4, 0.5) is 5.82 Å². The molecule has 0 saturated carbocycles. The highest BCUT2D eigenvalue weighted by atomic mass is 16.6. The number of hydrogen-bond donors (Lipinski definition) is 4. The SMILES string of the molecule is Nc1ncnc2c1nc(-c1ccco1)n2[C@@H]1O[C@H](CO)[C@@H](O)[C@H]1O. The van der Waals surface area contributed by atoms with Crippen LogP contribution < -0.4 is 5.73 Å². The summed E-state index contributed by atoms with van der Waals surface area (Å²) in [5, 5.41) is 29.7. The summed E-state index contributed by atoms with van der Waals surface area (Å²) in [4.78, 5) is 12.5. The van der Waals surface area contributed by atoms with E-state index in [4.69, 9.17) is 14.9 Å². The van der Waals surface area contributed by atoms with Gasteiger partial charge in [0.25, 0.3) is 0 Å². The van der Waals surface area contributed by atoms with Crippen LogP contribution in [0.5, 0.6) is 0 Å². The Morgan fingerprint density at radius 1 is 1.25 bits per heavy atom. The Hall–Kier alpha value is -2.53. The number of aliphatic hydroxyl groups is 3. The van der Waals surface area contributed by atoms with Crippen molar-refractivity contribution in [3.8, 4) is 11.6 Å². The Balaban J connectivity index is 1.94. The summed E-state index contributed by atoms with van der Waals surface area (Å²) < 4.78 is 12.5. The van der Waals surface area contributed by atoms with Gasteiger partial charge in [-0.25, -0.2) is 15.0 Å². The normalized spacial score (nSPS) is 27.1. The monoisotopic (exact) mass is 333 g/mol. The van der Waals surface area contributed by atoms with Crippen LogP contribution in [0.1, 0.15) is 6.23 Å². The van der Waals surface area contributed by atoms with E-state index in [0.29, 0.717) is 22.7 Å². The highest BCUT2D eigenvalue weighted by molar-refractivity contribution is 5.84. The molecule has 1 aliphatic rings. The number of rotatable bonds is 3.